The predicted octanol–water partition coefficient (Wildman–Crippen LogP) is 6.54. The Morgan fingerprint density at radius 1 is 0.833 bits per heavy atom. The van der Waals surface area contributed by atoms with Crippen molar-refractivity contribution in [3.8, 4) is 0 Å². The summed E-state index contributed by atoms with van der Waals surface area (Å²) in [5.74, 6) is -0.462. The molecule has 0 fully saturated rings. The molecule has 208 valence electrons. The Bertz CT molecular complexity index is 602. The molecule has 0 aliphatic heterocycles. The number of esters is 1. The van der Waals surface area contributed by atoms with Crippen LogP contribution >= 0.6 is 0 Å². The third-order valence-corrected chi connectivity index (χ3v) is 6.03. The average molecular weight is 507 g/mol. The lowest BCUT2D eigenvalue weighted by Crippen LogP contribution is -2.37. The van der Waals surface area contributed by atoms with Gasteiger partial charge in [0.2, 0.25) is 5.91 Å². The van der Waals surface area contributed by atoms with Crippen LogP contribution < -0.4 is 5.32 Å². The van der Waals surface area contributed by atoms with Crippen molar-refractivity contribution in [1.82, 2.24) is 10.2 Å². The first-order valence-electron chi connectivity index (χ1n) is 14.3. The Hall–Kier alpha value is -1.95. The maximum atomic E-state index is 12.1. The van der Waals surface area contributed by atoms with E-state index in [-0.39, 0.29) is 24.7 Å². The molecule has 1 N–H and O–H groups in total. The summed E-state index contributed by atoms with van der Waals surface area (Å²) in [7, 11) is 4.00. The molecule has 36 heavy (non-hydrogen) atoms. The minimum atomic E-state index is -0.479. The molecule has 1 amide bonds. The van der Waals surface area contributed by atoms with Crippen LogP contribution in [0.3, 0.4) is 0 Å². The standard InChI is InChI=1S/C30H54N2O4/c1-4-5-6-7-8-9-10-11-12-13-14-15-16-17-18-21-26-36-30(35)27-28(23-25-33)31-29(34)22-19-20-24-32(2)3/h8-9,11-12,25,28H,4-7,10,13-24,26-27H2,1-3H3,(H,31,34)/b9-8-,12-11-. The molecule has 0 aliphatic rings. The van der Waals surface area contributed by atoms with E-state index >= 15 is 0 Å². The van der Waals surface area contributed by atoms with E-state index in [0.717, 1.165) is 57.8 Å². The van der Waals surface area contributed by atoms with Crippen LogP contribution in [0, 0.1) is 0 Å². The Balaban J connectivity index is 3.70. The molecule has 0 aromatic heterocycles. The highest BCUT2D eigenvalue weighted by Gasteiger charge is 2.17. The first kappa shape index (κ1) is 34.0. The van der Waals surface area contributed by atoms with Gasteiger partial charge in [-0.1, -0.05) is 69.8 Å². The molecular weight excluding hydrogens is 452 g/mol. The van der Waals surface area contributed by atoms with Gasteiger partial charge in [-0.25, -0.2) is 0 Å². The fraction of sp³-hybridized carbons (Fsp3) is 0.767. The van der Waals surface area contributed by atoms with Crippen LogP contribution in [0.5, 0.6) is 0 Å². The molecular formula is C30H54N2O4. The molecule has 1 atom stereocenters. The summed E-state index contributed by atoms with van der Waals surface area (Å²) < 4.78 is 5.32. The van der Waals surface area contributed by atoms with Gasteiger partial charge in [-0.2, -0.15) is 0 Å². The van der Waals surface area contributed by atoms with Crippen molar-refractivity contribution in [2.75, 3.05) is 27.2 Å². The summed E-state index contributed by atoms with van der Waals surface area (Å²) >= 11 is 0. The van der Waals surface area contributed by atoms with Crippen molar-refractivity contribution < 1.29 is 19.1 Å². The monoisotopic (exact) mass is 506 g/mol. The van der Waals surface area contributed by atoms with Gasteiger partial charge in [0, 0.05) is 18.9 Å². The zero-order valence-electron chi connectivity index (χ0n) is 23.5. The van der Waals surface area contributed by atoms with Gasteiger partial charge < -0.3 is 19.7 Å². The number of rotatable bonds is 25. The van der Waals surface area contributed by atoms with Gasteiger partial charge in [0.1, 0.15) is 6.29 Å². The van der Waals surface area contributed by atoms with Crippen LogP contribution in [0.25, 0.3) is 0 Å². The number of nitrogens with one attached hydrogen (secondary N) is 1. The molecule has 6 nitrogen and oxygen atoms in total. The van der Waals surface area contributed by atoms with Crippen molar-refractivity contribution >= 4 is 18.2 Å². The lowest BCUT2D eigenvalue weighted by Gasteiger charge is -2.16. The zero-order valence-corrected chi connectivity index (χ0v) is 23.5. The number of carbonyl (C=O) groups is 3. The van der Waals surface area contributed by atoms with Crippen LogP contribution in [0.15, 0.2) is 24.3 Å². The molecule has 0 aliphatic carbocycles. The number of carbonyl (C=O) groups excluding carboxylic acids is 3. The van der Waals surface area contributed by atoms with Gasteiger partial charge in [-0.05, 0) is 72.0 Å². The van der Waals surface area contributed by atoms with E-state index in [1.54, 1.807) is 0 Å². The van der Waals surface area contributed by atoms with Gasteiger partial charge in [-0.3, -0.25) is 9.59 Å². The SMILES string of the molecule is CCCCC/C=C\C/C=C\CCCCCCCCOC(=O)CC(CC=O)NC(=O)CCCCN(C)C. The molecule has 0 heterocycles. The van der Waals surface area contributed by atoms with E-state index in [1.165, 1.54) is 44.9 Å². The van der Waals surface area contributed by atoms with E-state index in [9.17, 15) is 14.4 Å². The zero-order chi connectivity index (χ0) is 26.7. The van der Waals surface area contributed by atoms with Crippen LogP contribution in [0.1, 0.15) is 116 Å². The number of amides is 1. The van der Waals surface area contributed by atoms with Crippen molar-refractivity contribution in [1.29, 1.82) is 0 Å². The fourth-order valence-electron chi connectivity index (χ4n) is 3.86. The van der Waals surface area contributed by atoms with Crippen LogP contribution in [0.2, 0.25) is 0 Å². The van der Waals surface area contributed by atoms with Crippen LogP contribution in [-0.2, 0) is 19.1 Å². The second kappa shape index (κ2) is 26.1. The van der Waals surface area contributed by atoms with E-state index in [2.05, 4.69) is 41.4 Å². The number of unbranched alkanes of at least 4 members (excludes halogenated alkanes) is 10. The highest BCUT2D eigenvalue weighted by Crippen LogP contribution is 2.09. The molecule has 0 aromatic carbocycles. The number of aldehydes is 1. The lowest BCUT2D eigenvalue weighted by molar-refractivity contribution is -0.144. The van der Waals surface area contributed by atoms with E-state index < -0.39 is 6.04 Å². The average Bonchev–Trinajstić information content (AvgIpc) is 2.83. The summed E-state index contributed by atoms with van der Waals surface area (Å²) in [5, 5.41) is 2.80. The summed E-state index contributed by atoms with van der Waals surface area (Å²) in [6, 6.07) is -0.479. The molecule has 0 bridgehead atoms. The Kier molecular flexibility index (Phi) is 24.7. The number of nitrogens with zero attached hydrogens (tertiary/aromatic N) is 1. The van der Waals surface area contributed by atoms with Crippen molar-refractivity contribution in [3.63, 3.8) is 0 Å². The maximum absolute atomic E-state index is 12.1. The van der Waals surface area contributed by atoms with Gasteiger partial charge in [0.05, 0.1) is 13.0 Å². The normalized spacial score (nSPS) is 12.4. The quantitative estimate of drug-likeness (QED) is 0.0658. The molecule has 0 spiro atoms. The third kappa shape index (κ3) is 25.2. The van der Waals surface area contributed by atoms with E-state index in [1.807, 2.05) is 14.1 Å². The first-order chi connectivity index (χ1) is 17.5. The van der Waals surface area contributed by atoms with Crippen LogP contribution in [-0.4, -0.2) is 56.4 Å². The van der Waals surface area contributed by atoms with Gasteiger partial charge >= 0.3 is 5.97 Å². The highest BCUT2D eigenvalue weighted by atomic mass is 16.5. The largest absolute Gasteiger partial charge is 0.466 e. The lowest BCUT2D eigenvalue weighted by atomic mass is 10.1. The van der Waals surface area contributed by atoms with Crippen molar-refractivity contribution in [2.24, 2.45) is 0 Å². The molecule has 0 saturated heterocycles. The highest BCUT2D eigenvalue weighted by molar-refractivity contribution is 5.78. The molecule has 0 saturated carbocycles. The van der Waals surface area contributed by atoms with E-state index in [0.29, 0.717) is 13.0 Å². The first-order valence-corrected chi connectivity index (χ1v) is 14.3. The summed E-state index contributed by atoms with van der Waals surface area (Å²) in [6.07, 6.45) is 26.2. The second-order valence-corrected chi connectivity index (χ2v) is 9.94. The molecule has 0 rings (SSSR count). The minimum absolute atomic E-state index is 0.0460. The van der Waals surface area contributed by atoms with Gasteiger partial charge in [0.15, 0.2) is 0 Å². The fourth-order valence-corrected chi connectivity index (χ4v) is 3.86. The van der Waals surface area contributed by atoms with Crippen molar-refractivity contribution in [3.05, 3.63) is 24.3 Å². The topological polar surface area (TPSA) is 75.7 Å². The van der Waals surface area contributed by atoms with Gasteiger partial charge in [0.25, 0.3) is 0 Å². The minimum Gasteiger partial charge on any atom is -0.466 e. The number of hydrogen-bond acceptors (Lipinski definition) is 5. The third-order valence-electron chi connectivity index (χ3n) is 6.03. The number of allylic oxidation sites excluding steroid dienone is 4. The van der Waals surface area contributed by atoms with Crippen LogP contribution in [0.4, 0.5) is 0 Å². The molecule has 0 aromatic rings. The smallest absolute Gasteiger partial charge is 0.307 e. The van der Waals surface area contributed by atoms with E-state index in [4.69, 9.17) is 4.74 Å². The Morgan fingerprint density at radius 2 is 1.47 bits per heavy atom. The maximum Gasteiger partial charge on any atom is 0.307 e. The molecule has 0 radical (unpaired) electrons. The second-order valence-electron chi connectivity index (χ2n) is 9.94. The number of hydrogen-bond donors (Lipinski definition) is 1. The molecule has 6 heteroatoms. The van der Waals surface area contributed by atoms with Gasteiger partial charge in [-0.15, -0.1) is 0 Å². The van der Waals surface area contributed by atoms with Crippen molar-refractivity contribution in [2.45, 2.75) is 122 Å². The molecule has 1 unspecified atom stereocenters. The predicted molar refractivity (Wildman–Crippen MR) is 150 cm³/mol. The summed E-state index contributed by atoms with van der Waals surface area (Å²) in [4.78, 5) is 37.2. The Morgan fingerprint density at radius 3 is 2.11 bits per heavy atom. The summed E-state index contributed by atoms with van der Waals surface area (Å²) in [6.45, 7) is 3.57. The number of ether oxygens (including phenoxy) is 1. The Labute approximate surface area is 221 Å². The summed E-state index contributed by atoms with van der Waals surface area (Å²) in [5.41, 5.74) is 0.